The van der Waals surface area contributed by atoms with E-state index in [1.54, 1.807) is 7.11 Å². The number of carbonyl (C=O) groups is 1. The van der Waals surface area contributed by atoms with Crippen LogP contribution >= 0.6 is 0 Å². The molecule has 0 aliphatic rings. The van der Waals surface area contributed by atoms with Crippen molar-refractivity contribution in [3.63, 3.8) is 0 Å². The average Bonchev–Trinajstić information content (AvgIpc) is 3.23. The van der Waals surface area contributed by atoms with Gasteiger partial charge in [0.25, 0.3) is 5.91 Å². The summed E-state index contributed by atoms with van der Waals surface area (Å²) in [5.74, 6) is 0.584. The molecular weight excluding hydrogens is 312 g/mol. The van der Waals surface area contributed by atoms with Gasteiger partial charge in [0.15, 0.2) is 5.82 Å². The van der Waals surface area contributed by atoms with Gasteiger partial charge in [0.1, 0.15) is 11.9 Å². The van der Waals surface area contributed by atoms with Gasteiger partial charge >= 0.3 is 0 Å². The number of amides is 1. The van der Waals surface area contributed by atoms with Gasteiger partial charge in [-0.2, -0.15) is 9.78 Å². The summed E-state index contributed by atoms with van der Waals surface area (Å²) in [5, 5.41) is 20.2. The summed E-state index contributed by atoms with van der Waals surface area (Å²) in [6.45, 7) is 4.12. The molecule has 0 radical (unpaired) electrons. The number of H-pyrrole nitrogens is 1. The first-order valence-electron chi connectivity index (χ1n) is 7.16. The molecule has 24 heavy (non-hydrogen) atoms. The molecule has 3 aromatic rings. The maximum absolute atomic E-state index is 12.5. The lowest BCUT2D eigenvalue weighted by molar-refractivity contribution is 0.0950. The van der Waals surface area contributed by atoms with Crippen LogP contribution in [-0.2, 0) is 6.54 Å². The van der Waals surface area contributed by atoms with Crippen molar-refractivity contribution in [3.05, 3.63) is 41.0 Å². The van der Waals surface area contributed by atoms with Crippen molar-refractivity contribution in [1.82, 2.24) is 40.7 Å². The first kappa shape index (κ1) is 15.6. The van der Waals surface area contributed by atoms with Crippen molar-refractivity contribution in [3.8, 4) is 11.7 Å². The van der Waals surface area contributed by atoms with Gasteiger partial charge in [-0.1, -0.05) is 0 Å². The molecule has 0 aliphatic heterocycles. The smallest absolute Gasteiger partial charge is 0.257 e. The minimum Gasteiger partial charge on any atom is -0.481 e. The van der Waals surface area contributed by atoms with E-state index in [9.17, 15) is 4.79 Å². The van der Waals surface area contributed by atoms with Gasteiger partial charge in [0.2, 0.25) is 5.88 Å². The standard InChI is InChI=1S/C14H16N8O2/c1-8-4-9(2)18-14(24-3)10(8)5-15-13(23)11-6-16-19-12(11)22-7-17-20-21-22/h4,6-7H,5H2,1-3H3,(H,15,23)(H,16,19). The number of aromatic amines is 1. The lowest BCUT2D eigenvalue weighted by Gasteiger charge is -2.12. The van der Waals surface area contributed by atoms with Crippen LogP contribution < -0.4 is 10.1 Å². The van der Waals surface area contributed by atoms with Gasteiger partial charge < -0.3 is 10.1 Å². The monoisotopic (exact) mass is 328 g/mol. The first-order chi connectivity index (χ1) is 11.6. The Labute approximate surface area is 137 Å². The van der Waals surface area contributed by atoms with Crippen LogP contribution in [0.5, 0.6) is 5.88 Å². The van der Waals surface area contributed by atoms with Crippen LogP contribution in [0.1, 0.15) is 27.2 Å². The van der Waals surface area contributed by atoms with Crippen LogP contribution in [0.2, 0.25) is 0 Å². The molecule has 0 unspecified atom stereocenters. The molecule has 0 aromatic carbocycles. The molecule has 124 valence electrons. The fourth-order valence-electron chi connectivity index (χ4n) is 2.36. The predicted octanol–water partition coefficient (Wildman–Crippen LogP) is 0.336. The molecule has 10 heteroatoms. The summed E-state index contributed by atoms with van der Waals surface area (Å²) in [5.41, 5.74) is 3.01. The van der Waals surface area contributed by atoms with E-state index in [0.717, 1.165) is 16.8 Å². The fraction of sp³-hybridized carbons (Fsp3) is 0.286. The highest BCUT2D eigenvalue weighted by atomic mass is 16.5. The zero-order valence-corrected chi connectivity index (χ0v) is 13.4. The number of aryl methyl sites for hydroxylation is 2. The van der Waals surface area contributed by atoms with Crippen LogP contribution in [0.3, 0.4) is 0 Å². The van der Waals surface area contributed by atoms with Crippen LogP contribution in [0.25, 0.3) is 5.82 Å². The molecule has 10 nitrogen and oxygen atoms in total. The fourth-order valence-corrected chi connectivity index (χ4v) is 2.36. The number of hydrogen-bond donors (Lipinski definition) is 2. The number of nitrogens with one attached hydrogen (secondary N) is 2. The number of pyridine rings is 1. The Balaban J connectivity index is 1.79. The Kier molecular flexibility index (Phi) is 4.18. The maximum atomic E-state index is 12.5. The average molecular weight is 328 g/mol. The Hall–Kier alpha value is -3.30. The van der Waals surface area contributed by atoms with E-state index >= 15 is 0 Å². The molecule has 0 saturated carbocycles. The topological polar surface area (TPSA) is 124 Å². The van der Waals surface area contributed by atoms with Gasteiger partial charge in [-0.25, -0.2) is 4.98 Å². The van der Waals surface area contributed by atoms with Crippen molar-refractivity contribution in [2.24, 2.45) is 0 Å². The third kappa shape index (κ3) is 2.93. The summed E-state index contributed by atoms with van der Waals surface area (Å²) in [6, 6.07) is 1.94. The quantitative estimate of drug-likeness (QED) is 0.692. The highest BCUT2D eigenvalue weighted by Gasteiger charge is 2.17. The van der Waals surface area contributed by atoms with Gasteiger partial charge in [0, 0.05) is 17.8 Å². The number of aromatic nitrogens is 7. The van der Waals surface area contributed by atoms with Crippen molar-refractivity contribution in [1.29, 1.82) is 0 Å². The summed E-state index contributed by atoms with van der Waals surface area (Å²) in [6.07, 6.45) is 2.80. The van der Waals surface area contributed by atoms with Gasteiger partial charge in [-0.15, -0.1) is 5.10 Å². The number of hydrogen-bond acceptors (Lipinski definition) is 7. The zero-order chi connectivity index (χ0) is 17.1. The lowest BCUT2D eigenvalue weighted by Crippen LogP contribution is -2.24. The summed E-state index contributed by atoms with van der Waals surface area (Å²) < 4.78 is 6.64. The third-order valence-corrected chi connectivity index (χ3v) is 3.50. The second kappa shape index (κ2) is 6.44. The minimum atomic E-state index is -0.309. The number of ether oxygens (including phenoxy) is 1. The number of rotatable bonds is 5. The molecule has 1 amide bonds. The molecule has 0 fully saturated rings. The van der Waals surface area contributed by atoms with E-state index in [0.29, 0.717) is 17.3 Å². The molecule has 3 rings (SSSR count). The van der Waals surface area contributed by atoms with Crippen LogP contribution in [0.15, 0.2) is 18.6 Å². The number of tetrazole rings is 1. The number of methoxy groups -OCH3 is 1. The normalized spacial score (nSPS) is 10.6. The van der Waals surface area contributed by atoms with Crippen molar-refractivity contribution in [2.75, 3.05) is 7.11 Å². The van der Waals surface area contributed by atoms with Crippen LogP contribution in [-0.4, -0.2) is 48.4 Å². The molecule has 0 bridgehead atoms. The van der Waals surface area contributed by atoms with E-state index in [1.165, 1.54) is 17.2 Å². The molecule has 2 N–H and O–H groups in total. The molecule has 0 aliphatic carbocycles. The highest BCUT2D eigenvalue weighted by molar-refractivity contribution is 5.96. The lowest BCUT2D eigenvalue weighted by atomic mass is 10.1. The number of nitrogens with zero attached hydrogens (tertiary/aromatic N) is 6. The van der Waals surface area contributed by atoms with Gasteiger partial charge in [-0.3, -0.25) is 9.89 Å². The van der Waals surface area contributed by atoms with E-state index in [1.807, 2.05) is 19.9 Å². The van der Waals surface area contributed by atoms with E-state index in [2.05, 4.69) is 36.0 Å². The second-order valence-electron chi connectivity index (χ2n) is 5.14. The van der Waals surface area contributed by atoms with Crippen LogP contribution in [0.4, 0.5) is 0 Å². The Morgan fingerprint density at radius 2 is 2.25 bits per heavy atom. The SMILES string of the molecule is COc1nc(C)cc(C)c1CNC(=O)c1cn[nH]c1-n1cnnn1. The van der Waals surface area contributed by atoms with Gasteiger partial charge in [-0.05, 0) is 35.9 Å². The maximum Gasteiger partial charge on any atom is 0.257 e. The number of carbonyl (C=O) groups excluding carboxylic acids is 1. The predicted molar refractivity (Wildman–Crippen MR) is 82.7 cm³/mol. The molecular formula is C14H16N8O2. The van der Waals surface area contributed by atoms with Gasteiger partial charge in [0.05, 0.1) is 13.3 Å². The van der Waals surface area contributed by atoms with Crippen molar-refractivity contribution in [2.45, 2.75) is 20.4 Å². The summed E-state index contributed by atoms with van der Waals surface area (Å²) in [7, 11) is 1.55. The van der Waals surface area contributed by atoms with Crippen molar-refractivity contribution < 1.29 is 9.53 Å². The molecule has 0 spiro atoms. The molecule has 0 atom stereocenters. The summed E-state index contributed by atoms with van der Waals surface area (Å²) >= 11 is 0. The zero-order valence-electron chi connectivity index (χ0n) is 13.4. The molecule has 3 aromatic heterocycles. The van der Waals surface area contributed by atoms with Crippen molar-refractivity contribution >= 4 is 5.91 Å². The molecule has 0 saturated heterocycles. The Bertz CT molecular complexity index is 856. The van der Waals surface area contributed by atoms with E-state index in [-0.39, 0.29) is 12.5 Å². The van der Waals surface area contributed by atoms with Crippen LogP contribution in [0, 0.1) is 13.8 Å². The minimum absolute atomic E-state index is 0.279. The first-order valence-corrected chi connectivity index (χ1v) is 7.16. The Morgan fingerprint density at radius 1 is 1.42 bits per heavy atom. The van der Waals surface area contributed by atoms with E-state index < -0.39 is 0 Å². The largest absolute Gasteiger partial charge is 0.481 e. The third-order valence-electron chi connectivity index (χ3n) is 3.50. The Morgan fingerprint density at radius 3 is 2.96 bits per heavy atom. The second-order valence-corrected chi connectivity index (χ2v) is 5.14. The highest BCUT2D eigenvalue weighted by Crippen LogP contribution is 2.20. The molecule has 3 heterocycles. The van der Waals surface area contributed by atoms with E-state index in [4.69, 9.17) is 4.74 Å². The summed E-state index contributed by atoms with van der Waals surface area (Å²) in [4.78, 5) is 16.8.